The largest absolute Gasteiger partial charge is 0.288 e. The van der Waals surface area contributed by atoms with E-state index in [4.69, 9.17) is 4.55 Å². The average Bonchev–Trinajstić information content (AvgIpc) is 1.79. The Labute approximate surface area is 76.5 Å². The van der Waals surface area contributed by atoms with Crippen LogP contribution in [0, 0.1) is 5.92 Å². The summed E-state index contributed by atoms with van der Waals surface area (Å²) >= 11 is 1.07. The van der Waals surface area contributed by atoms with Crippen LogP contribution < -0.4 is 0 Å². The van der Waals surface area contributed by atoms with Crippen LogP contribution in [0.4, 0.5) is 0 Å². The first-order valence-corrected chi connectivity index (χ1v) is 5.99. The fourth-order valence-electron chi connectivity index (χ4n) is 0.667. The van der Waals surface area contributed by atoms with Crippen molar-refractivity contribution in [2.45, 2.75) is 13.8 Å². The van der Waals surface area contributed by atoms with Crippen LogP contribution in [-0.2, 0) is 14.9 Å². The van der Waals surface area contributed by atoms with Gasteiger partial charge in [-0.05, 0) is 5.92 Å². The summed E-state index contributed by atoms with van der Waals surface area (Å²) in [4.78, 5) is 10.5. The van der Waals surface area contributed by atoms with Crippen molar-refractivity contribution < 1.29 is 17.8 Å². The fraction of sp³-hybridized carbons (Fsp3) is 0.833. The third kappa shape index (κ3) is 8.03. The van der Waals surface area contributed by atoms with Gasteiger partial charge in [-0.25, -0.2) is 0 Å². The van der Waals surface area contributed by atoms with Gasteiger partial charge in [0.1, 0.15) is 0 Å². The van der Waals surface area contributed by atoms with Crippen molar-refractivity contribution in [3.8, 4) is 0 Å². The number of hydrogen-bond acceptors (Lipinski definition) is 4. The third-order valence-electron chi connectivity index (χ3n) is 1.07. The van der Waals surface area contributed by atoms with Crippen LogP contribution >= 0.6 is 11.8 Å². The van der Waals surface area contributed by atoms with E-state index in [1.165, 1.54) is 6.92 Å². The van der Waals surface area contributed by atoms with Crippen molar-refractivity contribution in [3.05, 3.63) is 0 Å². The summed E-state index contributed by atoms with van der Waals surface area (Å²) in [6, 6.07) is 0. The number of carbonyl (C=O) groups excluding carboxylic acids is 1. The Balaban J connectivity index is 3.75. The Morgan fingerprint density at radius 2 is 2.08 bits per heavy atom. The summed E-state index contributed by atoms with van der Waals surface area (Å²) in [5, 5.41) is -0.0443. The van der Waals surface area contributed by atoms with Crippen LogP contribution in [0.2, 0.25) is 0 Å². The molecular weight excluding hydrogens is 200 g/mol. The Hall–Kier alpha value is -0.0700. The summed E-state index contributed by atoms with van der Waals surface area (Å²) in [7, 11) is -3.90. The molecule has 0 saturated heterocycles. The monoisotopic (exact) mass is 212 g/mol. The van der Waals surface area contributed by atoms with Crippen molar-refractivity contribution in [1.82, 2.24) is 0 Å². The van der Waals surface area contributed by atoms with Crippen molar-refractivity contribution in [3.63, 3.8) is 0 Å². The Morgan fingerprint density at radius 1 is 1.58 bits per heavy atom. The predicted octanol–water partition coefficient (Wildman–Crippen LogP) is 0.790. The lowest BCUT2D eigenvalue weighted by Gasteiger charge is -2.06. The summed E-state index contributed by atoms with van der Waals surface area (Å²) < 4.78 is 29.1. The minimum absolute atomic E-state index is 0.0443. The van der Waals surface area contributed by atoms with Gasteiger partial charge >= 0.3 is 0 Å². The van der Waals surface area contributed by atoms with Crippen LogP contribution in [0.1, 0.15) is 13.8 Å². The lowest BCUT2D eigenvalue weighted by atomic mass is 10.3. The van der Waals surface area contributed by atoms with Gasteiger partial charge in [0.05, 0.1) is 5.75 Å². The molecular formula is C6H12O4S2. The minimum atomic E-state index is -3.90. The van der Waals surface area contributed by atoms with E-state index in [0.29, 0.717) is 5.75 Å². The molecule has 12 heavy (non-hydrogen) atoms. The normalized spacial score (nSPS) is 14.2. The molecule has 0 spiro atoms. The molecule has 0 fully saturated rings. The number of rotatable bonds is 4. The highest BCUT2D eigenvalue weighted by atomic mass is 32.2. The number of thioether (sulfide) groups is 1. The lowest BCUT2D eigenvalue weighted by Crippen LogP contribution is -2.14. The molecule has 4 nitrogen and oxygen atoms in total. The molecule has 0 amide bonds. The van der Waals surface area contributed by atoms with Crippen LogP contribution in [0.25, 0.3) is 0 Å². The van der Waals surface area contributed by atoms with Crippen molar-refractivity contribution in [2.24, 2.45) is 5.92 Å². The van der Waals surface area contributed by atoms with Gasteiger partial charge < -0.3 is 0 Å². The molecule has 72 valence electrons. The van der Waals surface area contributed by atoms with Crippen LogP contribution in [-0.4, -0.2) is 29.6 Å². The molecule has 0 aromatic rings. The van der Waals surface area contributed by atoms with Crippen LogP contribution in [0.3, 0.4) is 0 Å². The second kappa shape index (κ2) is 4.84. The highest BCUT2D eigenvalue weighted by Crippen LogP contribution is 2.10. The SMILES string of the molecule is CC(=O)SCC(C)CS(=O)(=O)O. The quantitative estimate of drug-likeness (QED) is 0.697. The predicted molar refractivity (Wildman–Crippen MR) is 48.7 cm³/mol. The van der Waals surface area contributed by atoms with Gasteiger partial charge in [-0.15, -0.1) is 0 Å². The van der Waals surface area contributed by atoms with E-state index >= 15 is 0 Å². The third-order valence-corrected chi connectivity index (χ3v) is 3.20. The molecule has 0 radical (unpaired) electrons. The molecule has 0 heterocycles. The summed E-state index contributed by atoms with van der Waals surface area (Å²) in [6.45, 7) is 3.09. The smallest absolute Gasteiger partial charge is 0.265 e. The second-order valence-electron chi connectivity index (χ2n) is 2.66. The van der Waals surface area contributed by atoms with Crippen LogP contribution in [0.5, 0.6) is 0 Å². The van der Waals surface area contributed by atoms with Gasteiger partial charge in [0, 0.05) is 12.7 Å². The Bertz CT molecular complexity index is 244. The van der Waals surface area contributed by atoms with E-state index in [-0.39, 0.29) is 16.8 Å². The van der Waals surface area contributed by atoms with E-state index in [2.05, 4.69) is 0 Å². The standard InChI is InChI=1S/C6H12O4S2/c1-5(3-11-6(2)7)4-12(8,9)10/h5H,3-4H2,1-2H3,(H,8,9,10). The van der Waals surface area contributed by atoms with E-state index in [1.54, 1.807) is 6.92 Å². The maximum Gasteiger partial charge on any atom is 0.265 e. The lowest BCUT2D eigenvalue weighted by molar-refractivity contribution is -0.109. The molecule has 0 aliphatic carbocycles. The molecule has 0 aromatic carbocycles. The average molecular weight is 212 g/mol. The minimum Gasteiger partial charge on any atom is -0.288 e. The highest BCUT2D eigenvalue weighted by Gasteiger charge is 2.12. The van der Waals surface area contributed by atoms with E-state index in [9.17, 15) is 13.2 Å². The van der Waals surface area contributed by atoms with Gasteiger partial charge in [0.25, 0.3) is 10.1 Å². The highest BCUT2D eigenvalue weighted by molar-refractivity contribution is 8.13. The molecule has 0 aromatic heterocycles. The van der Waals surface area contributed by atoms with Crippen molar-refractivity contribution in [1.29, 1.82) is 0 Å². The fourth-order valence-corrected chi connectivity index (χ4v) is 2.29. The van der Waals surface area contributed by atoms with E-state index in [0.717, 1.165) is 11.8 Å². The number of hydrogen-bond donors (Lipinski definition) is 1. The summed E-state index contributed by atoms with van der Waals surface area (Å²) in [6.07, 6.45) is 0. The molecule has 0 aliphatic rings. The first-order chi connectivity index (χ1) is 5.31. The van der Waals surface area contributed by atoms with E-state index < -0.39 is 10.1 Å². The first-order valence-electron chi connectivity index (χ1n) is 3.40. The van der Waals surface area contributed by atoms with Crippen molar-refractivity contribution in [2.75, 3.05) is 11.5 Å². The van der Waals surface area contributed by atoms with Gasteiger partial charge in [-0.3, -0.25) is 9.35 Å². The molecule has 0 rings (SSSR count). The Morgan fingerprint density at radius 3 is 2.42 bits per heavy atom. The van der Waals surface area contributed by atoms with Gasteiger partial charge in [0.15, 0.2) is 5.12 Å². The molecule has 0 bridgehead atoms. The van der Waals surface area contributed by atoms with Crippen molar-refractivity contribution >= 4 is 27.0 Å². The number of carbonyl (C=O) groups is 1. The Kier molecular flexibility index (Phi) is 4.81. The zero-order valence-corrected chi connectivity index (χ0v) is 8.61. The van der Waals surface area contributed by atoms with Crippen LogP contribution in [0.15, 0.2) is 0 Å². The molecule has 1 unspecified atom stereocenters. The molecule has 1 N–H and O–H groups in total. The summed E-state index contributed by atoms with van der Waals surface area (Å²) in [5.41, 5.74) is 0. The van der Waals surface area contributed by atoms with Gasteiger partial charge in [-0.1, -0.05) is 18.7 Å². The zero-order valence-electron chi connectivity index (χ0n) is 6.98. The maximum atomic E-state index is 10.5. The van der Waals surface area contributed by atoms with Gasteiger partial charge in [0.2, 0.25) is 0 Å². The molecule has 0 aliphatic heterocycles. The maximum absolute atomic E-state index is 10.5. The molecule has 1 atom stereocenters. The first kappa shape index (κ1) is 11.9. The topological polar surface area (TPSA) is 71.4 Å². The second-order valence-corrected chi connectivity index (χ2v) is 5.35. The van der Waals surface area contributed by atoms with E-state index in [1.807, 2.05) is 0 Å². The molecule has 6 heteroatoms. The summed E-state index contributed by atoms with van der Waals surface area (Å²) in [5.74, 6) is -0.0588. The molecule has 0 saturated carbocycles. The zero-order chi connectivity index (χ0) is 9.78. The van der Waals surface area contributed by atoms with Gasteiger partial charge in [-0.2, -0.15) is 8.42 Å².